The van der Waals surface area contributed by atoms with Crippen LogP contribution in [0.4, 0.5) is 5.69 Å². The number of nitrogens with zero attached hydrogens (tertiary/aromatic N) is 2. The van der Waals surface area contributed by atoms with Crippen molar-refractivity contribution < 1.29 is 64.0 Å². The Hall–Kier alpha value is -2.70. The molecular formula is C29H39Cl4N7O3-4. The molecule has 0 saturated heterocycles. The lowest BCUT2D eigenvalue weighted by atomic mass is 10.0. The predicted molar refractivity (Wildman–Crippen MR) is 154 cm³/mol. The second-order valence-electron chi connectivity index (χ2n) is 9.47. The minimum Gasteiger partial charge on any atom is -1.00 e. The van der Waals surface area contributed by atoms with Crippen LogP contribution in [0.2, 0.25) is 0 Å². The summed E-state index contributed by atoms with van der Waals surface area (Å²) in [6.07, 6.45) is 3.60. The van der Waals surface area contributed by atoms with E-state index >= 15 is 0 Å². The van der Waals surface area contributed by atoms with Gasteiger partial charge in [-0.05, 0) is 56.5 Å². The van der Waals surface area contributed by atoms with Crippen LogP contribution in [0.15, 0.2) is 66.9 Å². The number of pyridine rings is 1. The first-order valence-corrected chi connectivity index (χ1v) is 13.3. The van der Waals surface area contributed by atoms with Gasteiger partial charge in [-0.25, -0.2) is 0 Å². The summed E-state index contributed by atoms with van der Waals surface area (Å²) >= 11 is 0. The van der Waals surface area contributed by atoms with Crippen molar-refractivity contribution in [3.8, 4) is 0 Å². The second kappa shape index (κ2) is 22.8. The fraction of sp³-hybridized carbons (Fsp3) is 0.379. The highest BCUT2D eigenvalue weighted by atomic mass is 35.5. The van der Waals surface area contributed by atoms with Gasteiger partial charge in [0.2, 0.25) is 17.7 Å². The lowest BCUT2D eigenvalue weighted by molar-refractivity contribution is -0.135. The van der Waals surface area contributed by atoms with Crippen molar-refractivity contribution in [1.29, 1.82) is 0 Å². The van der Waals surface area contributed by atoms with Gasteiger partial charge >= 0.3 is 0 Å². The van der Waals surface area contributed by atoms with E-state index in [1.807, 2.05) is 60.7 Å². The summed E-state index contributed by atoms with van der Waals surface area (Å²) < 4.78 is 0. The van der Waals surface area contributed by atoms with E-state index in [0.29, 0.717) is 57.5 Å². The third-order valence-corrected chi connectivity index (χ3v) is 6.40. The van der Waals surface area contributed by atoms with E-state index in [0.717, 1.165) is 16.5 Å². The molecule has 2 aromatic carbocycles. The number of amides is 3. The monoisotopic (exact) mass is 673 g/mol. The molecule has 1 aromatic heterocycles. The van der Waals surface area contributed by atoms with Gasteiger partial charge in [0.25, 0.3) is 0 Å². The molecule has 10 nitrogen and oxygen atoms in total. The number of hydrogen-bond acceptors (Lipinski definition) is 7. The third kappa shape index (κ3) is 14.1. The Morgan fingerprint density at radius 1 is 0.837 bits per heavy atom. The highest BCUT2D eigenvalue weighted by molar-refractivity contribution is 5.99. The minimum absolute atomic E-state index is 0. The van der Waals surface area contributed by atoms with Crippen molar-refractivity contribution in [3.63, 3.8) is 0 Å². The number of rotatable bonds is 15. The van der Waals surface area contributed by atoms with E-state index in [9.17, 15) is 14.4 Å². The van der Waals surface area contributed by atoms with Crippen LogP contribution in [0.1, 0.15) is 31.2 Å². The summed E-state index contributed by atoms with van der Waals surface area (Å²) in [4.78, 5) is 45.2. The van der Waals surface area contributed by atoms with Crippen LogP contribution in [0, 0.1) is 0 Å². The summed E-state index contributed by atoms with van der Waals surface area (Å²) in [6, 6.07) is 17.1. The van der Waals surface area contributed by atoms with Gasteiger partial charge in [0.05, 0.1) is 29.9 Å². The maximum Gasteiger partial charge on any atom is 0.247 e. The number of carbonyl (C=O) groups excluding carboxylic acids is 3. The quantitative estimate of drug-likeness (QED) is 0.107. The zero-order valence-corrected chi connectivity index (χ0v) is 26.8. The van der Waals surface area contributed by atoms with Crippen molar-refractivity contribution in [3.05, 3.63) is 72.4 Å². The Morgan fingerprint density at radius 3 is 2.07 bits per heavy atom. The Morgan fingerprint density at radius 2 is 1.44 bits per heavy atom. The highest BCUT2D eigenvalue weighted by Gasteiger charge is 2.26. The topological polar surface area (TPSA) is 169 Å². The van der Waals surface area contributed by atoms with Crippen LogP contribution in [0.3, 0.4) is 0 Å². The van der Waals surface area contributed by atoms with Gasteiger partial charge in [0, 0.05) is 18.5 Å². The maximum atomic E-state index is 13.3. The van der Waals surface area contributed by atoms with Crippen LogP contribution in [-0.2, 0) is 20.8 Å². The molecule has 0 aliphatic rings. The van der Waals surface area contributed by atoms with Crippen LogP contribution in [0.25, 0.3) is 10.9 Å². The van der Waals surface area contributed by atoms with E-state index in [-0.39, 0.29) is 67.9 Å². The molecule has 14 heteroatoms. The van der Waals surface area contributed by atoms with Crippen molar-refractivity contribution in [2.24, 2.45) is 17.2 Å². The molecule has 240 valence electrons. The first-order chi connectivity index (χ1) is 18.9. The lowest BCUT2D eigenvalue weighted by Gasteiger charge is -2.25. The average molecular weight is 675 g/mol. The second-order valence-corrected chi connectivity index (χ2v) is 9.47. The molecule has 3 rings (SSSR count). The highest BCUT2D eigenvalue weighted by Crippen LogP contribution is 2.17. The first-order valence-electron chi connectivity index (χ1n) is 13.3. The largest absolute Gasteiger partial charge is 1.00 e. The van der Waals surface area contributed by atoms with Crippen molar-refractivity contribution in [2.75, 3.05) is 31.5 Å². The third-order valence-electron chi connectivity index (χ3n) is 6.40. The van der Waals surface area contributed by atoms with Gasteiger partial charge in [-0.3, -0.25) is 19.4 Å². The van der Waals surface area contributed by atoms with Crippen molar-refractivity contribution in [1.82, 2.24) is 15.2 Å². The lowest BCUT2D eigenvalue weighted by Crippen LogP contribution is -3.00. The molecule has 2 atom stereocenters. The molecule has 0 saturated carbocycles. The minimum atomic E-state index is -1.11. The molecule has 43 heavy (non-hydrogen) atoms. The number of carbonyl (C=O) groups is 3. The number of halogens is 4. The van der Waals surface area contributed by atoms with E-state index < -0.39 is 18.0 Å². The summed E-state index contributed by atoms with van der Waals surface area (Å²) in [5.74, 6) is -1.19. The molecule has 8 N–H and O–H groups in total. The standard InChI is InChI=1S/C29H39N7O3.4ClH/c30-14-6-16-36(17-7-15-31)27(37)19-24(32)28(38)35-26(13-12-21-8-2-1-3-9-21)29(39)34-23-18-22-10-4-5-11-25(22)33-20-23;;;;/h1-5,8-11,18,20,24,26H,6-7,12-17,19,30-32H2,(H,34,39)(H,35,38);4*1H/p-4/t24-,26-;;;;/m0..../s1. The van der Waals surface area contributed by atoms with Gasteiger partial charge in [0.15, 0.2) is 0 Å². The van der Waals surface area contributed by atoms with Gasteiger partial charge in [-0.1, -0.05) is 48.5 Å². The molecular weight excluding hydrogens is 636 g/mol. The molecule has 0 spiro atoms. The number of hydrogen-bond donors (Lipinski definition) is 5. The number of nitrogens with two attached hydrogens (primary N) is 3. The normalized spacial score (nSPS) is 11.3. The Kier molecular flexibility index (Phi) is 22.5. The van der Waals surface area contributed by atoms with Crippen LogP contribution in [0.5, 0.6) is 0 Å². The number of aromatic nitrogens is 1. The van der Waals surface area contributed by atoms with Crippen molar-refractivity contribution in [2.45, 2.75) is 44.2 Å². The summed E-state index contributed by atoms with van der Waals surface area (Å²) in [5, 5.41) is 6.52. The number of aryl methyl sites for hydroxylation is 1. The Labute approximate surface area is 277 Å². The van der Waals surface area contributed by atoms with E-state index in [1.165, 1.54) is 0 Å². The summed E-state index contributed by atoms with van der Waals surface area (Å²) in [7, 11) is 0. The van der Waals surface area contributed by atoms with E-state index in [2.05, 4.69) is 15.6 Å². The maximum absolute atomic E-state index is 13.3. The van der Waals surface area contributed by atoms with Gasteiger partial charge in [0.1, 0.15) is 6.04 Å². The van der Waals surface area contributed by atoms with Gasteiger partial charge < -0.3 is 82.4 Å². The van der Waals surface area contributed by atoms with Crippen LogP contribution >= 0.6 is 0 Å². The fourth-order valence-corrected chi connectivity index (χ4v) is 4.21. The fourth-order valence-electron chi connectivity index (χ4n) is 4.21. The van der Waals surface area contributed by atoms with Crippen LogP contribution < -0.4 is 77.5 Å². The molecule has 0 fully saturated rings. The van der Waals surface area contributed by atoms with Crippen molar-refractivity contribution >= 4 is 34.3 Å². The van der Waals surface area contributed by atoms with E-state index in [1.54, 1.807) is 11.1 Å². The summed E-state index contributed by atoms with van der Waals surface area (Å²) in [5.41, 5.74) is 19.7. The number of anilines is 1. The number of benzene rings is 2. The molecule has 0 unspecified atom stereocenters. The number of nitrogens with one attached hydrogen (secondary N) is 2. The molecule has 0 radical (unpaired) electrons. The van der Waals surface area contributed by atoms with E-state index in [4.69, 9.17) is 17.2 Å². The number of para-hydroxylation sites is 1. The van der Waals surface area contributed by atoms with Crippen LogP contribution in [-0.4, -0.2) is 65.9 Å². The van der Waals surface area contributed by atoms with Gasteiger partial charge in [-0.2, -0.15) is 0 Å². The Bertz CT molecular complexity index is 1230. The number of fused-ring (bicyclic) bond motifs is 1. The zero-order chi connectivity index (χ0) is 28.0. The smallest absolute Gasteiger partial charge is 0.247 e. The zero-order valence-electron chi connectivity index (χ0n) is 23.7. The molecule has 1 heterocycles. The molecule has 3 amide bonds. The molecule has 0 aliphatic heterocycles. The summed E-state index contributed by atoms with van der Waals surface area (Å²) in [6.45, 7) is 1.85. The first kappa shape index (κ1) is 42.4. The SMILES string of the molecule is NCCCN(CCCN)C(=O)C[C@H](N)C(=O)N[C@@H](CCc1ccccc1)C(=O)Nc1cnc2ccccc2c1.[Cl-].[Cl-].[Cl-].[Cl-]. The molecule has 0 bridgehead atoms. The van der Waals surface area contributed by atoms with Gasteiger partial charge in [-0.15, -0.1) is 0 Å². The molecule has 0 aliphatic carbocycles. The predicted octanol–water partition coefficient (Wildman–Crippen LogP) is -10.4. The molecule has 3 aromatic rings. The average Bonchev–Trinajstić information content (AvgIpc) is 2.95. The Balaban J connectivity index is 0.